The van der Waals surface area contributed by atoms with E-state index >= 15 is 0 Å². The number of ether oxygens (including phenoxy) is 3. The number of benzene rings is 2. The second-order valence-corrected chi connectivity index (χ2v) is 8.00. The number of carbonyl (C=O) groups excluding carboxylic acids is 2. The van der Waals surface area contributed by atoms with Gasteiger partial charge >= 0.3 is 17.6 Å². The number of unbranched alkanes of at least 4 members (excludes halogenated alkanes) is 3. The van der Waals surface area contributed by atoms with Gasteiger partial charge in [0.1, 0.15) is 17.1 Å². The number of hydrogen-bond acceptors (Lipinski definition) is 7. The Balaban J connectivity index is 1.41. The second-order valence-electron chi connectivity index (χ2n) is 8.00. The maximum absolute atomic E-state index is 12.5. The summed E-state index contributed by atoms with van der Waals surface area (Å²) in [6, 6.07) is 13.1. The van der Waals surface area contributed by atoms with Crippen LogP contribution in [0.3, 0.4) is 0 Å². The lowest BCUT2D eigenvalue weighted by atomic mass is 10.1. The van der Waals surface area contributed by atoms with Gasteiger partial charge < -0.3 is 18.6 Å². The molecule has 0 saturated heterocycles. The Morgan fingerprint density at radius 1 is 0.912 bits per heavy atom. The van der Waals surface area contributed by atoms with Crippen LogP contribution in [0.2, 0.25) is 0 Å². The number of aryl methyl sites for hydroxylation is 1. The summed E-state index contributed by atoms with van der Waals surface area (Å²) in [7, 11) is 0. The van der Waals surface area contributed by atoms with Gasteiger partial charge in [-0.2, -0.15) is 0 Å². The van der Waals surface area contributed by atoms with Crippen molar-refractivity contribution in [3.05, 3.63) is 82.2 Å². The van der Waals surface area contributed by atoms with E-state index in [0.717, 1.165) is 36.6 Å². The zero-order valence-electron chi connectivity index (χ0n) is 19.4. The Labute approximate surface area is 197 Å². The average Bonchev–Trinajstić information content (AvgIpc) is 2.80. The average molecular weight is 465 g/mol. The quantitative estimate of drug-likeness (QED) is 0.124. The van der Waals surface area contributed by atoms with Crippen LogP contribution >= 0.6 is 0 Å². The maximum atomic E-state index is 12.5. The molecule has 0 unspecified atom stereocenters. The highest BCUT2D eigenvalue weighted by molar-refractivity contribution is 5.92. The van der Waals surface area contributed by atoms with Gasteiger partial charge in [0.05, 0.1) is 18.8 Å². The summed E-state index contributed by atoms with van der Waals surface area (Å²) in [4.78, 5) is 35.3. The van der Waals surface area contributed by atoms with Gasteiger partial charge in [-0.15, -0.1) is 0 Å². The smallest absolute Gasteiger partial charge is 0.343 e. The first-order chi connectivity index (χ1) is 16.3. The van der Waals surface area contributed by atoms with Crippen molar-refractivity contribution in [2.45, 2.75) is 39.5 Å². The van der Waals surface area contributed by atoms with Gasteiger partial charge in [-0.25, -0.2) is 14.4 Å². The minimum absolute atomic E-state index is 0.293. The van der Waals surface area contributed by atoms with E-state index in [9.17, 15) is 14.4 Å². The molecule has 0 aliphatic rings. The molecule has 1 heterocycles. The number of rotatable bonds is 11. The first-order valence-corrected chi connectivity index (χ1v) is 11.2. The summed E-state index contributed by atoms with van der Waals surface area (Å²) in [5.41, 5.74) is 1.50. The van der Waals surface area contributed by atoms with Crippen molar-refractivity contribution in [2.24, 2.45) is 0 Å². The fraction of sp³-hybridized carbons (Fsp3) is 0.296. The Hall–Kier alpha value is -3.87. The summed E-state index contributed by atoms with van der Waals surface area (Å²) < 4.78 is 21.4. The summed E-state index contributed by atoms with van der Waals surface area (Å²) in [6.07, 6.45) is 3.57. The third-order valence-corrected chi connectivity index (χ3v) is 5.11. The molecule has 0 atom stereocenters. The number of fused-ring (bicyclic) bond motifs is 1. The zero-order chi connectivity index (χ0) is 24.5. The summed E-state index contributed by atoms with van der Waals surface area (Å²) >= 11 is 0. The minimum atomic E-state index is -0.520. The van der Waals surface area contributed by atoms with Crippen LogP contribution < -0.4 is 15.1 Å². The predicted octanol–water partition coefficient (Wildman–Crippen LogP) is 5.38. The van der Waals surface area contributed by atoms with Crippen LogP contribution in [-0.4, -0.2) is 25.2 Å². The molecule has 0 saturated carbocycles. The zero-order valence-corrected chi connectivity index (χ0v) is 19.4. The van der Waals surface area contributed by atoms with Gasteiger partial charge in [0, 0.05) is 23.1 Å². The van der Waals surface area contributed by atoms with Gasteiger partial charge in [-0.1, -0.05) is 6.58 Å². The molecule has 1 aromatic heterocycles. The van der Waals surface area contributed by atoms with E-state index in [1.165, 1.54) is 12.1 Å². The predicted molar refractivity (Wildman–Crippen MR) is 128 cm³/mol. The molecule has 7 heteroatoms. The highest BCUT2D eigenvalue weighted by Crippen LogP contribution is 2.23. The fourth-order valence-electron chi connectivity index (χ4n) is 3.26. The van der Waals surface area contributed by atoms with E-state index in [1.807, 2.05) is 6.92 Å². The summed E-state index contributed by atoms with van der Waals surface area (Å²) in [6.45, 7) is 7.94. The molecule has 2 aromatic carbocycles. The molecular weight excluding hydrogens is 436 g/mol. The van der Waals surface area contributed by atoms with Gasteiger partial charge in [0.15, 0.2) is 0 Å². The van der Waals surface area contributed by atoms with Crippen LogP contribution in [0, 0.1) is 6.92 Å². The molecule has 0 aliphatic heterocycles. The molecule has 0 aliphatic carbocycles. The van der Waals surface area contributed by atoms with Crippen molar-refractivity contribution in [1.29, 1.82) is 0 Å². The first-order valence-electron chi connectivity index (χ1n) is 11.2. The van der Waals surface area contributed by atoms with Gasteiger partial charge in [-0.3, -0.25) is 0 Å². The van der Waals surface area contributed by atoms with Crippen LogP contribution in [0.4, 0.5) is 0 Å². The van der Waals surface area contributed by atoms with Crippen molar-refractivity contribution in [1.82, 2.24) is 0 Å². The molecule has 0 radical (unpaired) electrons. The Morgan fingerprint density at radius 2 is 1.59 bits per heavy atom. The van der Waals surface area contributed by atoms with Crippen LogP contribution in [0.15, 0.2) is 69.9 Å². The number of carbonyl (C=O) groups is 2. The Kier molecular flexibility index (Phi) is 8.62. The molecule has 0 fully saturated rings. The lowest BCUT2D eigenvalue weighted by molar-refractivity contribution is -0.139. The maximum Gasteiger partial charge on any atom is 0.343 e. The summed E-state index contributed by atoms with van der Waals surface area (Å²) in [5.74, 6) is 0.0838. The van der Waals surface area contributed by atoms with E-state index in [4.69, 9.17) is 18.6 Å². The molecule has 0 amide bonds. The number of esters is 2. The molecule has 3 rings (SSSR count). The fourth-order valence-corrected chi connectivity index (χ4v) is 3.26. The molecule has 0 bridgehead atoms. The van der Waals surface area contributed by atoms with E-state index in [1.54, 1.807) is 43.3 Å². The SMILES string of the molecule is C=C(C)C(=O)OCCCCCCOc1ccc(C(=O)Oc2ccc3c(C)cc(=O)oc3c2)cc1. The van der Waals surface area contributed by atoms with E-state index in [-0.39, 0.29) is 5.97 Å². The van der Waals surface area contributed by atoms with Gasteiger partial charge in [0.25, 0.3) is 0 Å². The van der Waals surface area contributed by atoms with Crippen molar-refractivity contribution in [2.75, 3.05) is 13.2 Å². The Bertz CT molecular complexity index is 1220. The highest BCUT2D eigenvalue weighted by atomic mass is 16.5. The molecule has 0 spiro atoms. The van der Waals surface area contributed by atoms with Crippen LogP contribution in [0.25, 0.3) is 11.0 Å². The lowest BCUT2D eigenvalue weighted by Crippen LogP contribution is -2.08. The minimum Gasteiger partial charge on any atom is -0.494 e. The van der Waals surface area contributed by atoms with Crippen LogP contribution in [0.1, 0.15) is 48.5 Å². The molecule has 178 valence electrons. The molecule has 7 nitrogen and oxygen atoms in total. The van der Waals surface area contributed by atoms with E-state index in [0.29, 0.717) is 41.4 Å². The molecule has 0 N–H and O–H groups in total. The van der Waals surface area contributed by atoms with Crippen molar-refractivity contribution < 1.29 is 28.2 Å². The van der Waals surface area contributed by atoms with Gasteiger partial charge in [-0.05, 0) is 81.5 Å². The van der Waals surface area contributed by atoms with Crippen LogP contribution in [-0.2, 0) is 9.53 Å². The third kappa shape index (κ3) is 7.07. The van der Waals surface area contributed by atoms with Gasteiger partial charge in [0.2, 0.25) is 0 Å². The molecular formula is C27H28O7. The summed E-state index contributed by atoms with van der Waals surface area (Å²) in [5, 5.41) is 0.784. The van der Waals surface area contributed by atoms with Crippen LogP contribution in [0.5, 0.6) is 11.5 Å². The largest absolute Gasteiger partial charge is 0.494 e. The molecule has 3 aromatic rings. The van der Waals surface area contributed by atoms with E-state index < -0.39 is 11.6 Å². The van der Waals surface area contributed by atoms with Crippen molar-refractivity contribution in [3.63, 3.8) is 0 Å². The number of hydrogen-bond donors (Lipinski definition) is 0. The second kappa shape index (κ2) is 11.8. The third-order valence-electron chi connectivity index (χ3n) is 5.11. The van der Waals surface area contributed by atoms with Crippen molar-refractivity contribution >= 4 is 22.9 Å². The first kappa shape index (κ1) is 24.8. The van der Waals surface area contributed by atoms with Crippen molar-refractivity contribution in [3.8, 4) is 11.5 Å². The lowest BCUT2D eigenvalue weighted by Gasteiger charge is -2.08. The standard InChI is InChI=1S/C27H28O7/c1-18(2)26(29)32-15-7-5-4-6-14-31-21-10-8-20(9-11-21)27(30)33-22-12-13-23-19(3)16-25(28)34-24(23)17-22/h8-13,16-17H,1,4-7,14-15H2,2-3H3. The normalized spacial score (nSPS) is 10.6. The topological polar surface area (TPSA) is 92.0 Å². The highest BCUT2D eigenvalue weighted by Gasteiger charge is 2.11. The molecule has 34 heavy (non-hydrogen) atoms. The van der Waals surface area contributed by atoms with E-state index in [2.05, 4.69) is 6.58 Å². The monoisotopic (exact) mass is 464 g/mol. The Morgan fingerprint density at radius 3 is 2.29 bits per heavy atom.